The van der Waals surface area contributed by atoms with Gasteiger partial charge in [-0.25, -0.2) is 4.98 Å². The molecule has 0 saturated carbocycles. The molecule has 2 rings (SSSR count). The lowest BCUT2D eigenvalue weighted by atomic mass is 10.1. The van der Waals surface area contributed by atoms with E-state index in [-0.39, 0.29) is 5.78 Å². The number of rotatable bonds is 2. The SMILES string of the molecule is Cc1ccc(C(=O)c2cscn2)cn1. The molecule has 0 unspecified atom stereocenters. The summed E-state index contributed by atoms with van der Waals surface area (Å²) in [5.74, 6) is -0.0706. The minimum Gasteiger partial charge on any atom is -0.287 e. The van der Waals surface area contributed by atoms with Crippen molar-refractivity contribution in [2.75, 3.05) is 0 Å². The number of ketones is 1. The van der Waals surface area contributed by atoms with Crippen LogP contribution in [-0.2, 0) is 0 Å². The van der Waals surface area contributed by atoms with Crippen LogP contribution in [0.1, 0.15) is 21.7 Å². The van der Waals surface area contributed by atoms with Gasteiger partial charge in [0, 0.05) is 22.8 Å². The molecular weight excluding hydrogens is 196 g/mol. The Bertz CT molecular complexity index is 434. The number of hydrogen-bond acceptors (Lipinski definition) is 4. The number of nitrogens with zero attached hydrogens (tertiary/aromatic N) is 2. The van der Waals surface area contributed by atoms with Gasteiger partial charge < -0.3 is 0 Å². The Morgan fingerprint density at radius 2 is 2.21 bits per heavy atom. The van der Waals surface area contributed by atoms with Crippen molar-refractivity contribution < 1.29 is 4.79 Å². The minimum atomic E-state index is -0.0706. The zero-order valence-corrected chi connectivity index (χ0v) is 8.41. The maximum atomic E-state index is 11.7. The third kappa shape index (κ3) is 1.70. The summed E-state index contributed by atoms with van der Waals surface area (Å²) in [6, 6.07) is 3.59. The van der Waals surface area contributed by atoms with Crippen molar-refractivity contribution in [3.63, 3.8) is 0 Å². The van der Waals surface area contributed by atoms with Crippen molar-refractivity contribution in [3.05, 3.63) is 46.2 Å². The number of carbonyl (C=O) groups excluding carboxylic acids is 1. The fourth-order valence-corrected chi connectivity index (χ4v) is 1.61. The van der Waals surface area contributed by atoms with Crippen LogP contribution in [0.5, 0.6) is 0 Å². The van der Waals surface area contributed by atoms with Crippen molar-refractivity contribution in [1.29, 1.82) is 0 Å². The molecule has 14 heavy (non-hydrogen) atoms. The molecule has 0 atom stereocenters. The zero-order valence-electron chi connectivity index (χ0n) is 7.60. The van der Waals surface area contributed by atoms with Crippen LogP contribution < -0.4 is 0 Å². The number of pyridine rings is 1. The standard InChI is InChI=1S/C10H8N2OS/c1-7-2-3-8(4-11-7)10(13)9-5-14-6-12-9/h2-6H,1H3. The second-order valence-corrected chi connectivity index (χ2v) is 3.61. The molecule has 0 N–H and O–H groups in total. The van der Waals surface area contributed by atoms with Crippen LogP contribution in [0.3, 0.4) is 0 Å². The topological polar surface area (TPSA) is 42.9 Å². The third-order valence-electron chi connectivity index (χ3n) is 1.84. The Morgan fingerprint density at radius 1 is 1.36 bits per heavy atom. The molecule has 2 aromatic heterocycles. The maximum Gasteiger partial charge on any atom is 0.213 e. The van der Waals surface area contributed by atoms with E-state index in [0.29, 0.717) is 11.3 Å². The number of aryl methyl sites for hydroxylation is 1. The van der Waals surface area contributed by atoms with Gasteiger partial charge in [-0.05, 0) is 19.1 Å². The highest BCUT2D eigenvalue weighted by molar-refractivity contribution is 7.07. The zero-order chi connectivity index (χ0) is 9.97. The van der Waals surface area contributed by atoms with E-state index in [1.165, 1.54) is 11.3 Å². The molecule has 0 spiro atoms. The predicted molar refractivity (Wildman–Crippen MR) is 54.5 cm³/mol. The van der Waals surface area contributed by atoms with Crippen molar-refractivity contribution in [2.24, 2.45) is 0 Å². The summed E-state index contributed by atoms with van der Waals surface area (Å²) >= 11 is 1.41. The van der Waals surface area contributed by atoms with E-state index < -0.39 is 0 Å². The Balaban J connectivity index is 2.33. The Kier molecular flexibility index (Phi) is 2.37. The molecule has 2 heterocycles. The molecule has 0 aliphatic heterocycles. The summed E-state index contributed by atoms with van der Waals surface area (Å²) in [5, 5.41) is 1.74. The van der Waals surface area contributed by atoms with Crippen LogP contribution >= 0.6 is 11.3 Å². The summed E-state index contributed by atoms with van der Waals surface area (Å²) in [7, 11) is 0. The molecule has 0 bridgehead atoms. The van der Waals surface area contributed by atoms with E-state index in [1.807, 2.05) is 13.0 Å². The number of thiazole rings is 1. The Labute approximate surface area is 85.5 Å². The van der Waals surface area contributed by atoms with Gasteiger partial charge in [0.05, 0.1) is 5.51 Å². The van der Waals surface area contributed by atoms with Crippen LogP contribution in [0.2, 0.25) is 0 Å². The number of hydrogen-bond donors (Lipinski definition) is 0. The summed E-state index contributed by atoms with van der Waals surface area (Å²) < 4.78 is 0. The lowest BCUT2D eigenvalue weighted by molar-refractivity contribution is 0.103. The van der Waals surface area contributed by atoms with Crippen LogP contribution in [0.4, 0.5) is 0 Å². The molecule has 70 valence electrons. The van der Waals surface area contributed by atoms with Gasteiger partial charge in [0.25, 0.3) is 0 Å². The van der Waals surface area contributed by atoms with Crippen molar-refractivity contribution in [2.45, 2.75) is 6.92 Å². The van der Waals surface area contributed by atoms with Crippen LogP contribution in [0.25, 0.3) is 0 Å². The first kappa shape index (κ1) is 9.02. The van der Waals surface area contributed by atoms with Crippen LogP contribution in [0.15, 0.2) is 29.2 Å². The summed E-state index contributed by atoms with van der Waals surface area (Å²) in [4.78, 5) is 19.7. The minimum absolute atomic E-state index is 0.0706. The van der Waals surface area contributed by atoms with Gasteiger partial charge in [0.2, 0.25) is 5.78 Å². The fraction of sp³-hybridized carbons (Fsp3) is 0.100. The molecule has 3 nitrogen and oxygen atoms in total. The quantitative estimate of drug-likeness (QED) is 0.703. The second-order valence-electron chi connectivity index (χ2n) is 2.89. The van der Waals surface area contributed by atoms with E-state index in [4.69, 9.17) is 0 Å². The van der Waals surface area contributed by atoms with Gasteiger partial charge in [-0.15, -0.1) is 11.3 Å². The Morgan fingerprint density at radius 3 is 2.79 bits per heavy atom. The first-order valence-electron chi connectivity index (χ1n) is 4.13. The predicted octanol–water partition coefficient (Wildman–Crippen LogP) is 2.08. The van der Waals surface area contributed by atoms with Crippen LogP contribution in [0, 0.1) is 6.92 Å². The molecule has 0 aliphatic rings. The molecule has 0 fully saturated rings. The number of aromatic nitrogens is 2. The molecule has 2 aromatic rings. The summed E-state index contributed by atoms with van der Waals surface area (Å²) in [6.07, 6.45) is 1.58. The average Bonchev–Trinajstić information content (AvgIpc) is 2.71. The highest BCUT2D eigenvalue weighted by atomic mass is 32.1. The average molecular weight is 204 g/mol. The van der Waals surface area contributed by atoms with Gasteiger partial charge in [-0.3, -0.25) is 9.78 Å². The van der Waals surface area contributed by atoms with Crippen LogP contribution in [-0.4, -0.2) is 15.8 Å². The van der Waals surface area contributed by atoms with Crippen molar-refractivity contribution >= 4 is 17.1 Å². The first-order chi connectivity index (χ1) is 6.77. The largest absolute Gasteiger partial charge is 0.287 e. The van der Waals surface area contributed by atoms with Gasteiger partial charge >= 0.3 is 0 Å². The second kappa shape index (κ2) is 3.67. The normalized spacial score (nSPS) is 10.1. The maximum absolute atomic E-state index is 11.7. The molecule has 0 saturated heterocycles. The Hall–Kier alpha value is -1.55. The van der Waals surface area contributed by atoms with E-state index in [9.17, 15) is 4.79 Å². The molecule has 0 aromatic carbocycles. The molecule has 0 amide bonds. The van der Waals surface area contributed by atoms with E-state index >= 15 is 0 Å². The lowest BCUT2D eigenvalue weighted by Gasteiger charge is -1.96. The lowest BCUT2D eigenvalue weighted by Crippen LogP contribution is -2.02. The van der Waals surface area contributed by atoms with Gasteiger partial charge in [-0.1, -0.05) is 0 Å². The highest BCUT2D eigenvalue weighted by Gasteiger charge is 2.10. The molecule has 0 radical (unpaired) electrons. The number of carbonyl (C=O) groups is 1. The van der Waals surface area contributed by atoms with E-state index in [2.05, 4.69) is 9.97 Å². The summed E-state index contributed by atoms with van der Waals surface area (Å²) in [5.41, 5.74) is 3.62. The third-order valence-corrected chi connectivity index (χ3v) is 2.42. The summed E-state index contributed by atoms with van der Waals surface area (Å²) in [6.45, 7) is 1.89. The first-order valence-corrected chi connectivity index (χ1v) is 5.07. The molecule has 4 heteroatoms. The molecule has 0 aliphatic carbocycles. The highest BCUT2D eigenvalue weighted by Crippen LogP contribution is 2.09. The van der Waals surface area contributed by atoms with Gasteiger partial charge in [0.15, 0.2) is 0 Å². The van der Waals surface area contributed by atoms with Crippen molar-refractivity contribution in [1.82, 2.24) is 9.97 Å². The monoisotopic (exact) mass is 204 g/mol. The van der Waals surface area contributed by atoms with E-state index in [0.717, 1.165) is 5.69 Å². The van der Waals surface area contributed by atoms with Crippen molar-refractivity contribution in [3.8, 4) is 0 Å². The molecular formula is C10H8N2OS. The fourth-order valence-electron chi connectivity index (χ4n) is 1.07. The smallest absolute Gasteiger partial charge is 0.213 e. The van der Waals surface area contributed by atoms with Gasteiger partial charge in [-0.2, -0.15) is 0 Å². The van der Waals surface area contributed by atoms with Gasteiger partial charge in [0.1, 0.15) is 5.69 Å². The van der Waals surface area contributed by atoms with E-state index in [1.54, 1.807) is 23.2 Å².